The van der Waals surface area contributed by atoms with Crippen LogP contribution in [0.1, 0.15) is 50.7 Å². The lowest BCUT2D eigenvalue weighted by Crippen LogP contribution is -2.42. The van der Waals surface area contributed by atoms with Gasteiger partial charge in [-0.1, -0.05) is 38.1 Å². The maximum absolute atomic E-state index is 12.2. The smallest absolute Gasteiger partial charge is 0.140 e. The van der Waals surface area contributed by atoms with Crippen molar-refractivity contribution < 1.29 is 4.79 Å². The molecule has 1 saturated carbocycles. The molecular weight excluding hydrogens is 306 g/mol. The fourth-order valence-corrected chi connectivity index (χ4v) is 5.68. The second kappa shape index (κ2) is 5.33. The molecular formula is C23H27NO. The zero-order chi connectivity index (χ0) is 17.2. The standard InChI is InChI=1S/C23H27NO/c1-23(2)9-7-17-11-15-5-3-4-6-16(15)12-18-14-24-10-8-19(25)13-20(24)22(23)21(17)18/h3-6,17H,7-14H2,1-2H3. The molecule has 1 atom stereocenters. The first-order valence-corrected chi connectivity index (χ1v) is 9.82. The molecule has 0 radical (unpaired) electrons. The molecule has 130 valence electrons. The van der Waals surface area contributed by atoms with Crippen molar-refractivity contribution in [2.24, 2.45) is 11.3 Å². The fraction of sp³-hybridized carbons (Fsp3) is 0.522. The Hall–Kier alpha value is -1.83. The Kier molecular flexibility index (Phi) is 3.29. The minimum atomic E-state index is 0.194. The number of piperidine rings is 1. The van der Waals surface area contributed by atoms with Gasteiger partial charge in [0.15, 0.2) is 0 Å². The molecule has 1 aromatic carbocycles. The maximum Gasteiger partial charge on any atom is 0.140 e. The molecule has 2 heteroatoms. The van der Waals surface area contributed by atoms with Crippen LogP contribution in [0.2, 0.25) is 0 Å². The predicted octanol–water partition coefficient (Wildman–Crippen LogP) is 4.45. The molecule has 5 rings (SSSR count). The number of Topliss-reactive ketones (excluding diaryl/α,β-unsaturated/α-hetero) is 1. The molecule has 2 aliphatic carbocycles. The summed E-state index contributed by atoms with van der Waals surface area (Å²) < 4.78 is 0. The topological polar surface area (TPSA) is 20.3 Å². The van der Waals surface area contributed by atoms with Crippen LogP contribution in [0.15, 0.2) is 46.7 Å². The molecule has 0 aromatic heterocycles. The number of carbonyl (C=O) groups excluding carboxylic acids is 1. The average Bonchev–Trinajstić information content (AvgIpc) is 2.74. The highest BCUT2D eigenvalue weighted by molar-refractivity contribution is 5.83. The Balaban J connectivity index is 1.70. The Morgan fingerprint density at radius 2 is 1.92 bits per heavy atom. The minimum absolute atomic E-state index is 0.194. The minimum Gasteiger partial charge on any atom is -0.370 e. The van der Waals surface area contributed by atoms with Crippen LogP contribution in [0.3, 0.4) is 0 Å². The molecule has 1 unspecified atom stereocenters. The van der Waals surface area contributed by atoms with Gasteiger partial charge in [-0.05, 0) is 64.9 Å². The monoisotopic (exact) mass is 333 g/mol. The number of fused-ring (bicyclic) bond motifs is 2. The summed E-state index contributed by atoms with van der Waals surface area (Å²) in [6, 6.07) is 9.03. The van der Waals surface area contributed by atoms with E-state index < -0.39 is 0 Å². The lowest BCUT2D eigenvalue weighted by atomic mass is 9.62. The van der Waals surface area contributed by atoms with Crippen LogP contribution in [0.25, 0.3) is 0 Å². The van der Waals surface area contributed by atoms with E-state index in [2.05, 4.69) is 43.0 Å². The Morgan fingerprint density at radius 1 is 1.12 bits per heavy atom. The number of nitrogens with zero attached hydrogens (tertiary/aromatic N) is 1. The highest BCUT2D eigenvalue weighted by Crippen LogP contribution is 2.54. The molecule has 2 aliphatic heterocycles. The third kappa shape index (κ3) is 2.33. The molecule has 0 N–H and O–H groups in total. The third-order valence-electron chi connectivity index (χ3n) is 6.92. The van der Waals surface area contributed by atoms with Crippen molar-refractivity contribution in [1.29, 1.82) is 0 Å². The summed E-state index contributed by atoms with van der Waals surface area (Å²) >= 11 is 0. The highest BCUT2D eigenvalue weighted by Gasteiger charge is 2.44. The van der Waals surface area contributed by atoms with E-state index in [4.69, 9.17) is 0 Å². The van der Waals surface area contributed by atoms with Gasteiger partial charge >= 0.3 is 0 Å². The van der Waals surface area contributed by atoms with Gasteiger partial charge in [-0.25, -0.2) is 0 Å². The molecule has 1 saturated heterocycles. The lowest BCUT2D eigenvalue weighted by Gasteiger charge is -2.48. The van der Waals surface area contributed by atoms with Crippen molar-refractivity contribution in [3.8, 4) is 0 Å². The molecule has 0 amide bonds. The van der Waals surface area contributed by atoms with Gasteiger partial charge in [-0.2, -0.15) is 0 Å². The molecule has 0 spiro atoms. The second-order valence-corrected chi connectivity index (χ2v) is 9.00. The molecule has 1 aromatic rings. The van der Waals surface area contributed by atoms with E-state index in [-0.39, 0.29) is 5.41 Å². The van der Waals surface area contributed by atoms with Crippen molar-refractivity contribution in [3.63, 3.8) is 0 Å². The predicted molar refractivity (Wildman–Crippen MR) is 100 cm³/mol. The Labute approximate surface area is 150 Å². The second-order valence-electron chi connectivity index (χ2n) is 9.00. The van der Waals surface area contributed by atoms with E-state index in [1.54, 1.807) is 22.3 Å². The van der Waals surface area contributed by atoms with Gasteiger partial charge in [0, 0.05) is 31.6 Å². The van der Waals surface area contributed by atoms with Crippen LogP contribution in [0.5, 0.6) is 0 Å². The van der Waals surface area contributed by atoms with Crippen LogP contribution in [0.4, 0.5) is 0 Å². The van der Waals surface area contributed by atoms with Crippen LogP contribution in [-0.4, -0.2) is 23.8 Å². The van der Waals surface area contributed by atoms with Crippen LogP contribution < -0.4 is 0 Å². The van der Waals surface area contributed by atoms with Gasteiger partial charge < -0.3 is 4.90 Å². The molecule has 4 aliphatic rings. The van der Waals surface area contributed by atoms with Crippen LogP contribution in [-0.2, 0) is 17.6 Å². The number of rotatable bonds is 0. The summed E-state index contributed by atoms with van der Waals surface area (Å²) in [5.74, 6) is 1.07. The van der Waals surface area contributed by atoms with Crippen molar-refractivity contribution in [1.82, 2.24) is 4.90 Å². The maximum atomic E-state index is 12.2. The Bertz CT molecular complexity index is 826. The average molecular weight is 333 g/mol. The fourth-order valence-electron chi connectivity index (χ4n) is 5.68. The molecule has 25 heavy (non-hydrogen) atoms. The van der Waals surface area contributed by atoms with E-state index in [0.29, 0.717) is 18.1 Å². The van der Waals surface area contributed by atoms with Gasteiger partial charge in [0.25, 0.3) is 0 Å². The highest BCUT2D eigenvalue weighted by atomic mass is 16.1. The zero-order valence-corrected chi connectivity index (χ0v) is 15.4. The SMILES string of the molecule is CC1(C)CCC2Cc3ccccc3CC3=C2C1=C1CC(=O)CCN1C3. The first-order valence-electron chi connectivity index (χ1n) is 9.82. The van der Waals surface area contributed by atoms with E-state index >= 15 is 0 Å². The van der Waals surface area contributed by atoms with Gasteiger partial charge in [0.1, 0.15) is 5.78 Å². The number of hydrogen-bond donors (Lipinski definition) is 0. The van der Waals surface area contributed by atoms with E-state index in [0.717, 1.165) is 25.9 Å². The normalized spacial score (nSPS) is 27.5. The van der Waals surface area contributed by atoms with E-state index in [1.807, 2.05) is 0 Å². The first kappa shape index (κ1) is 15.4. The summed E-state index contributed by atoms with van der Waals surface area (Å²) in [5, 5.41) is 0. The summed E-state index contributed by atoms with van der Waals surface area (Å²) in [7, 11) is 0. The number of allylic oxidation sites excluding steroid dienone is 3. The van der Waals surface area contributed by atoms with Crippen LogP contribution >= 0.6 is 0 Å². The zero-order valence-electron chi connectivity index (χ0n) is 15.4. The van der Waals surface area contributed by atoms with Gasteiger partial charge in [-0.3, -0.25) is 4.79 Å². The summed E-state index contributed by atoms with van der Waals surface area (Å²) in [6.07, 6.45) is 6.17. The Morgan fingerprint density at radius 3 is 2.76 bits per heavy atom. The summed E-state index contributed by atoms with van der Waals surface area (Å²) in [5.41, 5.74) is 9.46. The molecule has 2 fully saturated rings. The van der Waals surface area contributed by atoms with E-state index in [1.165, 1.54) is 30.5 Å². The number of benzene rings is 1. The van der Waals surface area contributed by atoms with Gasteiger partial charge in [0.05, 0.1) is 0 Å². The van der Waals surface area contributed by atoms with E-state index in [9.17, 15) is 4.79 Å². The van der Waals surface area contributed by atoms with Crippen molar-refractivity contribution in [3.05, 3.63) is 57.8 Å². The number of carbonyl (C=O) groups is 1. The van der Waals surface area contributed by atoms with Gasteiger partial charge in [-0.15, -0.1) is 0 Å². The van der Waals surface area contributed by atoms with Crippen molar-refractivity contribution in [2.75, 3.05) is 13.1 Å². The molecule has 2 nitrogen and oxygen atoms in total. The number of hydrogen-bond acceptors (Lipinski definition) is 2. The quantitative estimate of drug-likeness (QED) is 0.699. The molecule has 0 bridgehead atoms. The van der Waals surface area contributed by atoms with Gasteiger partial charge in [0.2, 0.25) is 0 Å². The van der Waals surface area contributed by atoms with Crippen molar-refractivity contribution in [2.45, 2.75) is 52.4 Å². The lowest BCUT2D eigenvalue weighted by molar-refractivity contribution is -0.120. The first-order chi connectivity index (χ1) is 12.0. The largest absolute Gasteiger partial charge is 0.370 e. The number of ketones is 1. The summed E-state index contributed by atoms with van der Waals surface area (Å²) in [6.45, 7) is 6.76. The van der Waals surface area contributed by atoms with Crippen LogP contribution in [0, 0.1) is 11.3 Å². The third-order valence-corrected chi connectivity index (χ3v) is 6.92. The molecule has 2 heterocycles. The summed E-state index contributed by atoms with van der Waals surface area (Å²) in [4.78, 5) is 14.8. The van der Waals surface area contributed by atoms with Crippen molar-refractivity contribution >= 4 is 5.78 Å².